The number of fused-ring (bicyclic) bond motifs is 1. The van der Waals surface area contributed by atoms with Gasteiger partial charge in [-0.1, -0.05) is 84.4 Å². The fourth-order valence-corrected chi connectivity index (χ4v) is 9.00. The zero-order valence-electron chi connectivity index (χ0n) is 26.4. The molecule has 0 aromatic rings. The van der Waals surface area contributed by atoms with E-state index in [2.05, 4.69) is 106 Å². The third-order valence-corrected chi connectivity index (χ3v) is 19.9. The lowest BCUT2D eigenvalue weighted by Crippen LogP contribution is -2.49. The smallest absolute Gasteiger partial charge is 0.192 e. The van der Waals surface area contributed by atoms with Crippen molar-refractivity contribution in [3.63, 3.8) is 0 Å². The normalized spacial score (nSPS) is 33.5. The molecule has 0 amide bonds. The van der Waals surface area contributed by atoms with Crippen molar-refractivity contribution in [3.8, 4) is 0 Å². The summed E-state index contributed by atoms with van der Waals surface area (Å²) in [4.78, 5) is 0. The van der Waals surface area contributed by atoms with Gasteiger partial charge in [-0.15, -0.1) is 0 Å². The van der Waals surface area contributed by atoms with E-state index >= 15 is 0 Å². The van der Waals surface area contributed by atoms with E-state index in [9.17, 15) is 0 Å². The fraction of sp³-hybridized carbons (Fsp3) is 0.758. The van der Waals surface area contributed by atoms with E-state index in [0.717, 1.165) is 12.8 Å². The molecule has 0 bridgehead atoms. The van der Waals surface area contributed by atoms with E-state index < -0.39 is 16.6 Å². The van der Waals surface area contributed by atoms with Crippen molar-refractivity contribution < 1.29 is 8.85 Å². The van der Waals surface area contributed by atoms with E-state index in [1.165, 1.54) is 43.3 Å². The lowest BCUT2D eigenvalue weighted by molar-refractivity contribution is 0.0970. The number of allylic oxidation sites excluding steroid dienone is 5. The molecule has 3 aliphatic rings. The highest BCUT2D eigenvalue weighted by molar-refractivity contribution is 6.74. The Morgan fingerprint density at radius 2 is 1.51 bits per heavy atom. The molecule has 3 rings (SSSR count). The van der Waals surface area contributed by atoms with Gasteiger partial charge in [-0.3, -0.25) is 0 Å². The SMILES string of the molecule is C=C1/C(=C/C=C2\CCC[C@]3(C)/C(=C\C)CCC23)CC(O[Si](C)(C)C(C)(C)C)CC1O[Si](C)(C)C(C)(C)C. The predicted octanol–water partition coefficient (Wildman–Crippen LogP) is 10.5. The maximum atomic E-state index is 7.03. The maximum absolute atomic E-state index is 7.03. The summed E-state index contributed by atoms with van der Waals surface area (Å²) in [5.41, 5.74) is 6.24. The molecule has 3 unspecified atom stereocenters. The second-order valence-electron chi connectivity index (χ2n) is 15.4. The van der Waals surface area contributed by atoms with Crippen LogP contribution in [-0.2, 0) is 8.85 Å². The molecule has 4 atom stereocenters. The Kier molecular flexibility index (Phi) is 8.93. The van der Waals surface area contributed by atoms with Gasteiger partial charge in [-0.25, -0.2) is 0 Å². The third-order valence-electron chi connectivity index (χ3n) is 10.9. The first-order chi connectivity index (χ1) is 16.8. The van der Waals surface area contributed by atoms with Crippen LogP contribution in [0.2, 0.25) is 36.3 Å². The van der Waals surface area contributed by atoms with Crippen molar-refractivity contribution in [2.75, 3.05) is 0 Å². The standard InChI is InChI=1S/C33H58O2Si2/c1-14-27-19-20-29-25(16-15-21-33(27,29)9)17-18-26-22-28(34-36(10,11)31(3,4)5)23-30(24(26)2)35-37(12,13)32(6,7)8/h14,17-18,28-30H,2,15-16,19-23H2,1,3-13H3/b25-17+,26-18+,27-14-/t28?,29?,30?,33-/m1/s1. The Labute approximate surface area is 232 Å². The number of hydrogen-bond donors (Lipinski definition) is 0. The molecule has 0 spiro atoms. The Hall–Kier alpha value is -0.686. The van der Waals surface area contributed by atoms with E-state index in [1.807, 2.05) is 0 Å². The van der Waals surface area contributed by atoms with Gasteiger partial charge in [0, 0.05) is 6.42 Å². The van der Waals surface area contributed by atoms with Crippen LogP contribution < -0.4 is 0 Å². The first-order valence-corrected chi connectivity index (χ1v) is 20.7. The average molecular weight is 543 g/mol. The highest BCUT2D eigenvalue weighted by Crippen LogP contribution is 2.57. The van der Waals surface area contributed by atoms with Gasteiger partial charge in [0.2, 0.25) is 0 Å². The first-order valence-electron chi connectivity index (χ1n) is 14.9. The summed E-state index contributed by atoms with van der Waals surface area (Å²) < 4.78 is 14.0. The molecule has 210 valence electrons. The van der Waals surface area contributed by atoms with Crippen LogP contribution in [0, 0.1) is 11.3 Å². The summed E-state index contributed by atoms with van der Waals surface area (Å²) in [6.07, 6.45) is 15.9. The zero-order valence-corrected chi connectivity index (χ0v) is 28.4. The second-order valence-corrected chi connectivity index (χ2v) is 25.0. The van der Waals surface area contributed by atoms with Crippen LogP contribution in [0.4, 0.5) is 0 Å². The molecule has 0 heterocycles. The molecule has 0 radical (unpaired) electrons. The average Bonchev–Trinajstić information content (AvgIpc) is 3.09. The second kappa shape index (κ2) is 10.7. The Bertz CT molecular complexity index is 954. The van der Waals surface area contributed by atoms with Crippen LogP contribution in [0.3, 0.4) is 0 Å². The highest BCUT2D eigenvalue weighted by Gasteiger charge is 2.46. The molecule has 4 heteroatoms. The maximum Gasteiger partial charge on any atom is 0.192 e. The van der Waals surface area contributed by atoms with Crippen molar-refractivity contribution in [1.29, 1.82) is 0 Å². The van der Waals surface area contributed by atoms with Crippen LogP contribution in [0.1, 0.15) is 100 Å². The molecule has 3 aliphatic carbocycles. The predicted molar refractivity (Wildman–Crippen MR) is 167 cm³/mol. The lowest BCUT2D eigenvalue weighted by atomic mass is 9.65. The summed E-state index contributed by atoms with van der Waals surface area (Å²) in [6.45, 7) is 32.9. The van der Waals surface area contributed by atoms with E-state index in [-0.39, 0.29) is 22.3 Å². The molecular weight excluding hydrogens is 485 g/mol. The van der Waals surface area contributed by atoms with Gasteiger partial charge < -0.3 is 8.85 Å². The van der Waals surface area contributed by atoms with Crippen LogP contribution in [0.25, 0.3) is 0 Å². The van der Waals surface area contributed by atoms with E-state index in [0.29, 0.717) is 11.3 Å². The molecule has 0 aromatic carbocycles. The van der Waals surface area contributed by atoms with E-state index in [1.54, 1.807) is 11.1 Å². The van der Waals surface area contributed by atoms with Crippen LogP contribution in [0.5, 0.6) is 0 Å². The Morgan fingerprint density at radius 1 is 0.919 bits per heavy atom. The minimum atomic E-state index is -1.94. The Balaban J connectivity index is 1.93. The molecule has 3 saturated carbocycles. The molecule has 0 aliphatic heterocycles. The molecule has 3 fully saturated rings. The van der Waals surface area contributed by atoms with Gasteiger partial charge >= 0.3 is 0 Å². The molecule has 2 nitrogen and oxygen atoms in total. The van der Waals surface area contributed by atoms with Crippen molar-refractivity contribution in [1.82, 2.24) is 0 Å². The van der Waals surface area contributed by atoms with Crippen molar-refractivity contribution in [2.45, 2.75) is 149 Å². The topological polar surface area (TPSA) is 18.5 Å². The van der Waals surface area contributed by atoms with Gasteiger partial charge in [0.1, 0.15) is 0 Å². The van der Waals surface area contributed by atoms with Crippen molar-refractivity contribution in [2.24, 2.45) is 11.3 Å². The molecule has 0 saturated heterocycles. The lowest BCUT2D eigenvalue weighted by Gasteiger charge is -2.45. The quantitative estimate of drug-likeness (QED) is 0.254. The fourth-order valence-electron chi connectivity index (χ4n) is 6.33. The summed E-state index contributed by atoms with van der Waals surface area (Å²) >= 11 is 0. The van der Waals surface area contributed by atoms with Crippen molar-refractivity contribution in [3.05, 3.63) is 47.1 Å². The summed E-state index contributed by atoms with van der Waals surface area (Å²) in [6, 6.07) is 0. The first kappa shape index (κ1) is 30.8. The van der Waals surface area contributed by atoms with Gasteiger partial charge in [0.25, 0.3) is 0 Å². The van der Waals surface area contributed by atoms with Gasteiger partial charge in [-0.05, 0) is 104 Å². The minimum absolute atomic E-state index is 0.0480. The van der Waals surface area contributed by atoms with Crippen LogP contribution in [-0.4, -0.2) is 28.8 Å². The van der Waals surface area contributed by atoms with Gasteiger partial charge in [0.05, 0.1) is 12.2 Å². The largest absolute Gasteiger partial charge is 0.413 e. The molecule has 0 aromatic heterocycles. The molecular formula is C33H58O2Si2. The van der Waals surface area contributed by atoms with Gasteiger partial charge in [-0.2, -0.15) is 0 Å². The highest BCUT2D eigenvalue weighted by atomic mass is 28.4. The van der Waals surface area contributed by atoms with Gasteiger partial charge in [0.15, 0.2) is 16.6 Å². The number of rotatable bonds is 5. The monoisotopic (exact) mass is 542 g/mol. The van der Waals surface area contributed by atoms with Crippen LogP contribution in [0.15, 0.2) is 47.1 Å². The summed E-state index contributed by atoms with van der Waals surface area (Å²) in [5, 5.41) is 0.370. The summed E-state index contributed by atoms with van der Waals surface area (Å²) in [7, 11) is -3.82. The number of hydrogen-bond acceptors (Lipinski definition) is 2. The third kappa shape index (κ3) is 6.39. The van der Waals surface area contributed by atoms with E-state index in [4.69, 9.17) is 8.85 Å². The Morgan fingerprint density at radius 3 is 2.08 bits per heavy atom. The molecule has 0 N–H and O–H groups in total. The zero-order chi connectivity index (χ0) is 28.0. The minimum Gasteiger partial charge on any atom is -0.413 e. The van der Waals surface area contributed by atoms with Crippen molar-refractivity contribution >= 4 is 16.6 Å². The van der Waals surface area contributed by atoms with Crippen LogP contribution >= 0.6 is 0 Å². The molecule has 37 heavy (non-hydrogen) atoms. The summed E-state index contributed by atoms with van der Waals surface area (Å²) in [5.74, 6) is 0.694.